The zero-order valence-electron chi connectivity index (χ0n) is 25.1. The van der Waals surface area contributed by atoms with Crippen molar-refractivity contribution in [2.24, 2.45) is 0 Å². The highest BCUT2D eigenvalue weighted by Gasteiger charge is 2.29. The maximum Gasteiger partial charge on any atom is 0.214 e. The molecule has 1 aromatic heterocycles. The molecule has 5 aromatic rings. The molecule has 6 rings (SSSR count). The lowest BCUT2D eigenvalue weighted by molar-refractivity contribution is -2.00. The molecule has 226 valence electrons. The van der Waals surface area contributed by atoms with Crippen LogP contribution in [0.2, 0.25) is 0 Å². The molecule has 0 atom stereocenters. The van der Waals surface area contributed by atoms with Crippen LogP contribution in [0.1, 0.15) is 45.1 Å². The standard InChI is InChI=1S/C37H37N2.ClHO4/c1-3-5-26-38-32(30-20-12-16-28-18-14-24-34(38)36(28)30)22-10-8-7-9-11-23-33-31-21-13-17-29-19-15-25-35(37(29)31)39(33)27-6-4-2;2-1(3,4)5/h7-25H,3-6,26-27H2,1-2H3;(H,2,3,4,5)/q+1;/p-1. The summed E-state index contributed by atoms with van der Waals surface area (Å²) in [6.07, 6.45) is 20.1. The molecule has 0 bridgehead atoms. The van der Waals surface area contributed by atoms with Gasteiger partial charge in [0.05, 0.1) is 10.9 Å². The first-order chi connectivity index (χ1) is 21.3. The number of nitrogens with zero attached hydrogens (tertiary/aromatic N) is 2. The average Bonchev–Trinajstić information content (AvgIpc) is 3.48. The zero-order chi connectivity index (χ0) is 31.1. The van der Waals surface area contributed by atoms with E-state index in [-0.39, 0.29) is 0 Å². The van der Waals surface area contributed by atoms with Crippen molar-refractivity contribution >= 4 is 49.9 Å². The Labute approximate surface area is 260 Å². The van der Waals surface area contributed by atoms with Gasteiger partial charge in [-0.1, -0.05) is 112 Å². The van der Waals surface area contributed by atoms with Crippen molar-refractivity contribution < 1.29 is 33.5 Å². The van der Waals surface area contributed by atoms with Crippen LogP contribution in [0.25, 0.3) is 38.5 Å². The lowest BCUT2D eigenvalue weighted by Crippen LogP contribution is -2.68. The van der Waals surface area contributed by atoms with Gasteiger partial charge >= 0.3 is 0 Å². The Morgan fingerprint density at radius 1 is 0.705 bits per heavy atom. The number of rotatable bonds is 10. The van der Waals surface area contributed by atoms with Gasteiger partial charge in [0, 0.05) is 46.7 Å². The van der Waals surface area contributed by atoms with E-state index in [2.05, 4.69) is 138 Å². The first-order valence-electron chi connectivity index (χ1n) is 15.1. The summed E-state index contributed by atoms with van der Waals surface area (Å²) in [4.78, 5) is 0. The van der Waals surface area contributed by atoms with Crippen LogP contribution in [0.5, 0.6) is 0 Å². The third kappa shape index (κ3) is 7.02. The van der Waals surface area contributed by atoms with Crippen LogP contribution in [-0.2, 0) is 6.54 Å². The van der Waals surface area contributed by atoms with Gasteiger partial charge < -0.3 is 4.57 Å². The Bertz CT molecular complexity index is 1930. The predicted octanol–water partition coefficient (Wildman–Crippen LogP) is 4.11. The lowest BCUT2D eigenvalue weighted by Gasteiger charge is -2.17. The molecule has 0 saturated heterocycles. The van der Waals surface area contributed by atoms with Gasteiger partial charge in [-0.3, -0.25) is 0 Å². The topological polar surface area (TPSA) is 100 Å². The maximum absolute atomic E-state index is 8.49. The summed E-state index contributed by atoms with van der Waals surface area (Å²) in [5, 5.41) is 8.04. The molecule has 0 radical (unpaired) electrons. The van der Waals surface area contributed by atoms with E-state index in [1.807, 2.05) is 0 Å². The Morgan fingerprint density at radius 3 is 2.05 bits per heavy atom. The Morgan fingerprint density at radius 2 is 1.32 bits per heavy atom. The molecule has 0 saturated carbocycles. The minimum Gasteiger partial charge on any atom is -0.340 e. The van der Waals surface area contributed by atoms with Gasteiger partial charge in [0.2, 0.25) is 11.4 Å². The van der Waals surface area contributed by atoms with E-state index in [1.54, 1.807) is 0 Å². The summed E-state index contributed by atoms with van der Waals surface area (Å²) in [5.41, 5.74) is 5.32. The summed E-state index contributed by atoms with van der Waals surface area (Å²) < 4.78 is 39.0. The van der Waals surface area contributed by atoms with Crippen LogP contribution in [0.15, 0.2) is 109 Å². The zero-order valence-corrected chi connectivity index (χ0v) is 25.9. The molecule has 44 heavy (non-hydrogen) atoms. The SMILES string of the molecule is CCCCn1\c(=C/C=C/C=C/C=C/C2=[N+](CCCC)c3cccc4cccc2c34)c2cccc3cccc1c32.[O-][Cl+3]([O-])([O-])[O-]. The molecular weight excluding hydrogens is 572 g/mol. The molecule has 2 heterocycles. The van der Waals surface area contributed by atoms with Gasteiger partial charge in [-0.05, 0) is 35.4 Å². The first kappa shape index (κ1) is 31.4. The highest BCUT2D eigenvalue weighted by atomic mass is 35.7. The van der Waals surface area contributed by atoms with Crippen molar-refractivity contribution in [1.29, 1.82) is 0 Å². The number of benzene rings is 4. The van der Waals surface area contributed by atoms with Gasteiger partial charge in [0.25, 0.3) is 0 Å². The van der Waals surface area contributed by atoms with Crippen molar-refractivity contribution in [2.45, 2.75) is 46.1 Å². The van der Waals surface area contributed by atoms with Crippen molar-refractivity contribution in [3.8, 4) is 0 Å². The monoisotopic (exact) mass is 608 g/mol. The number of halogens is 1. The lowest BCUT2D eigenvalue weighted by atomic mass is 10.0. The van der Waals surface area contributed by atoms with Crippen molar-refractivity contribution in [3.05, 3.63) is 120 Å². The molecule has 7 heteroatoms. The van der Waals surface area contributed by atoms with Crippen LogP contribution in [-0.4, -0.2) is 21.4 Å². The van der Waals surface area contributed by atoms with E-state index < -0.39 is 10.2 Å². The number of aryl methyl sites for hydroxylation is 1. The van der Waals surface area contributed by atoms with E-state index in [1.165, 1.54) is 80.4 Å². The molecule has 0 aliphatic carbocycles. The van der Waals surface area contributed by atoms with Crippen molar-refractivity contribution in [3.63, 3.8) is 0 Å². The Hall–Kier alpha value is -4.04. The minimum atomic E-state index is -4.94. The molecule has 1 aliphatic heterocycles. The second kappa shape index (κ2) is 14.2. The maximum atomic E-state index is 8.49. The first-order valence-corrected chi connectivity index (χ1v) is 16.3. The fraction of sp³-hybridized carbons (Fsp3) is 0.216. The third-order valence-electron chi connectivity index (χ3n) is 7.90. The van der Waals surface area contributed by atoms with Crippen LogP contribution < -0.4 is 24.0 Å². The molecule has 0 spiro atoms. The normalized spacial score (nSPS) is 14.0. The smallest absolute Gasteiger partial charge is 0.214 e. The molecule has 1 aliphatic rings. The number of allylic oxidation sites excluding steroid dienone is 6. The molecule has 6 nitrogen and oxygen atoms in total. The number of unbranched alkanes of at least 4 members (excludes halogenated alkanes) is 2. The fourth-order valence-electron chi connectivity index (χ4n) is 6.03. The van der Waals surface area contributed by atoms with Crippen LogP contribution in [0.3, 0.4) is 0 Å². The summed E-state index contributed by atoms with van der Waals surface area (Å²) in [5.74, 6) is 0. The quantitative estimate of drug-likeness (QED) is 0.176. The Kier molecular flexibility index (Phi) is 10.1. The van der Waals surface area contributed by atoms with Gasteiger partial charge in [-0.2, -0.15) is 4.58 Å². The van der Waals surface area contributed by atoms with Crippen molar-refractivity contribution in [1.82, 2.24) is 4.57 Å². The van der Waals surface area contributed by atoms with Gasteiger partial charge in [-0.15, -0.1) is 10.2 Å². The molecule has 4 aromatic carbocycles. The highest BCUT2D eigenvalue weighted by molar-refractivity contribution is 6.19. The molecule has 0 N–H and O–H groups in total. The predicted molar refractivity (Wildman–Crippen MR) is 169 cm³/mol. The molecular formula is C37H37ClN2O4. The van der Waals surface area contributed by atoms with Gasteiger partial charge in [0.1, 0.15) is 6.54 Å². The van der Waals surface area contributed by atoms with Crippen molar-refractivity contribution in [2.75, 3.05) is 6.54 Å². The molecule has 0 amide bonds. The summed E-state index contributed by atoms with van der Waals surface area (Å²) in [6, 6.07) is 26.6. The number of hydrogen-bond acceptors (Lipinski definition) is 4. The summed E-state index contributed by atoms with van der Waals surface area (Å²) >= 11 is 0. The third-order valence-corrected chi connectivity index (χ3v) is 7.90. The summed E-state index contributed by atoms with van der Waals surface area (Å²) in [7, 11) is -4.94. The molecule has 0 fully saturated rings. The minimum absolute atomic E-state index is 1.05. The van der Waals surface area contributed by atoms with E-state index >= 15 is 0 Å². The van der Waals surface area contributed by atoms with Gasteiger partial charge in [0.15, 0.2) is 0 Å². The van der Waals surface area contributed by atoms with E-state index in [4.69, 9.17) is 18.6 Å². The van der Waals surface area contributed by atoms with Crippen LogP contribution in [0.4, 0.5) is 5.69 Å². The van der Waals surface area contributed by atoms with E-state index in [0.717, 1.165) is 13.1 Å². The summed E-state index contributed by atoms with van der Waals surface area (Å²) in [6.45, 7) is 6.62. The van der Waals surface area contributed by atoms with Gasteiger partial charge in [-0.25, -0.2) is 18.6 Å². The van der Waals surface area contributed by atoms with E-state index in [0.29, 0.717) is 0 Å². The largest absolute Gasteiger partial charge is 0.340 e. The molecule has 0 unspecified atom stereocenters. The number of hydrogen-bond donors (Lipinski definition) is 0. The Balaban J connectivity index is 0.000000712. The van der Waals surface area contributed by atoms with Crippen LogP contribution in [0, 0.1) is 10.2 Å². The number of aromatic nitrogens is 1. The fourth-order valence-corrected chi connectivity index (χ4v) is 6.03. The second-order valence-electron chi connectivity index (χ2n) is 10.8. The van der Waals surface area contributed by atoms with E-state index in [9.17, 15) is 0 Å². The highest BCUT2D eigenvalue weighted by Crippen LogP contribution is 2.35. The average molecular weight is 609 g/mol. The van der Waals surface area contributed by atoms with Crippen LogP contribution >= 0.6 is 0 Å². The second-order valence-corrected chi connectivity index (χ2v) is 11.6.